The molecule has 1 aromatic heterocycles. The first-order valence-corrected chi connectivity index (χ1v) is 7.82. The number of benzene rings is 1. The van der Waals surface area contributed by atoms with Gasteiger partial charge in [-0.05, 0) is 54.0 Å². The van der Waals surface area contributed by atoms with Crippen LogP contribution < -0.4 is 10.1 Å². The molecule has 2 aromatic rings. The van der Waals surface area contributed by atoms with Crippen LogP contribution in [0.2, 0.25) is 0 Å². The molecule has 1 heterocycles. The van der Waals surface area contributed by atoms with Gasteiger partial charge in [-0.3, -0.25) is 9.78 Å². The summed E-state index contributed by atoms with van der Waals surface area (Å²) < 4.78 is 54.8. The lowest BCUT2D eigenvalue weighted by Gasteiger charge is -2.12. The van der Waals surface area contributed by atoms with Crippen LogP contribution >= 0.6 is 15.9 Å². The molecule has 0 bridgehead atoms. The van der Waals surface area contributed by atoms with E-state index in [-0.39, 0.29) is 17.7 Å². The Labute approximate surface area is 149 Å². The fourth-order valence-electron chi connectivity index (χ4n) is 2.09. The van der Waals surface area contributed by atoms with Crippen molar-refractivity contribution in [1.29, 1.82) is 0 Å². The summed E-state index contributed by atoms with van der Waals surface area (Å²) in [5, 5.41) is 2.46. The molecule has 0 aliphatic carbocycles. The third kappa shape index (κ3) is 5.15. The Bertz CT molecular complexity index is 809. The predicted molar refractivity (Wildman–Crippen MR) is 85.7 cm³/mol. The minimum absolute atomic E-state index is 0.133. The lowest BCUT2D eigenvalue weighted by Crippen LogP contribution is -2.25. The van der Waals surface area contributed by atoms with Gasteiger partial charge in [0.1, 0.15) is 11.6 Å². The minimum atomic E-state index is -4.88. The molecule has 134 valence electrons. The quantitative estimate of drug-likeness (QED) is 0.744. The highest BCUT2D eigenvalue weighted by atomic mass is 79.9. The monoisotopic (exact) mass is 420 g/mol. The zero-order chi connectivity index (χ0) is 18.8. The normalized spacial score (nSPS) is 11.3. The molecule has 0 spiro atoms. The summed E-state index contributed by atoms with van der Waals surface area (Å²) in [6.07, 6.45) is -4.88. The van der Waals surface area contributed by atoms with E-state index in [1.54, 1.807) is 19.9 Å². The smallest absolute Gasteiger partial charge is 0.406 e. The molecule has 9 heteroatoms. The van der Waals surface area contributed by atoms with Crippen molar-refractivity contribution < 1.29 is 27.1 Å². The van der Waals surface area contributed by atoms with Gasteiger partial charge >= 0.3 is 6.36 Å². The van der Waals surface area contributed by atoms with Crippen molar-refractivity contribution in [2.45, 2.75) is 26.8 Å². The van der Waals surface area contributed by atoms with Gasteiger partial charge in [-0.25, -0.2) is 4.39 Å². The molecule has 0 radical (unpaired) electrons. The molecule has 25 heavy (non-hydrogen) atoms. The number of halogens is 5. The van der Waals surface area contributed by atoms with Crippen LogP contribution in [0.5, 0.6) is 5.75 Å². The number of amides is 1. The third-order valence-corrected chi connectivity index (χ3v) is 4.08. The SMILES string of the molecule is Cc1nc(C)c(C(=O)NCc2cc(OC(F)(F)F)ccc2F)cc1Br. The molecule has 0 atom stereocenters. The number of hydrogen-bond acceptors (Lipinski definition) is 3. The van der Waals surface area contributed by atoms with Gasteiger partial charge in [0.05, 0.1) is 17.0 Å². The average Bonchev–Trinajstić information content (AvgIpc) is 2.49. The van der Waals surface area contributed by atoms with Gasteiger partial charge in [-0.2, -0.15) is 0 Å². The summed E-state index contributed by atoms with van der Waals surface area (Å²) >= 11 is 3.27. The van der Waals surface area contributed by atoms with Crippen molar-refractivity contribution in [1.82, 2.24) is 10.3 Å². The topological polar surface area (TPSA) is 51.2 Å². The molecular weight excluding hydrogens is 408 g/mol. The minimum Gasteiger partial charge on any atom is -0.406 e. The van der Waals surface area contributed by atoms with Crippen molar-refractivity contribution in [3.05, 3.63) is 57.1 Å². The number of alkyl halides is 3. The lowest BCUT2D eigenvalue weighted by atomic mass is 10.1. The van der Waals surface area contributed by atoms with E-state index in [0.717, 1.165) is 18.2 Å². The number of carbonyl (C=O) groups is 1. The van der Waals surface area contributed by atoms with Gasteiger partial charge in [0.25, 0.3) is 5.91 Å². The maximum Gasteiger partial charge on any atom is 0.573 e. The van der Waals surface area contributed by atoms with Gasteiger partial charge in [-0.1, -0.05) is 0 Å². The number of aromatic nitrogens is 1. The van der Waals surface area contributed by atoms with Gasteiger partial charge in [-0.15, -0.1) is 13.2 Å². The van der Waals surface area contributed by atoms with Gasteiger partial charge in [0, 0.05) is 16.6 Å². The van der Waals surface area contributed by atoms with Crippen molar-refractivity contribution in [3.8, 4) is 5.75 Å². The molecule has 0 unspecified atom stereocenters. The van der Waals surface area contributed by atoms with E-state index in [1.807, 2.05) is 0 Å². The van der Waals surface area contributed by atoms with Crippen LogP contribution in [0.1, 0.15) is 27.3 Å². The van der Waals surface area contributed by atoms with E-state index in [9.17, 15) is 22.4 Å². The number of ether oxygens (including phenoxy) is 1. The Kier molecular flexibility index (Phi) is 5.66. The first-order valence-electron chi connectivity index (χ1n) is 7.03. The lowest BCUT2D eigenvalue weighted by molar-refractivity contribution is -0.274. The van der Waals surface area contributed by atoms with Gasteiger partial charge in [0.15, 0.2) is 0 Å². The van der Waals surface area contributed by atoms with Crippen LogP contribution in [0.4, 0.5) is 17.6 Å². The molecule has 1 N–H and O–H groups in total. The standard InChI is InChI=1S/C16H13BrF4N2O2/c1-8-12(6-13(17)9(2)23-8)15(24)22-7-10-5-11(3-4-14(10)18)25-16(19,20)21/h3-6H,7H2,1-2H3,(H,22,24). The second kappa shape index (κ2) is 7.38. The predicted octanol–water partition coefficient (Wildman–Crippen LogP) is 4.43. The van der Waals surface area contributed by atoms with E-state index in [0.29, 0.717) is 15.9 Å². The number of rotatable bonds is 4. The fourth-order valence-corrected chi connectivity index (χ4v) is 2.40. The molecule has 2 rings (SSSR count). The molecule has 4 nitrogen and oxygen atoms in total. The highest BCUT2D eigenvalue weighted by Crippen LogP contribution is 2.25. The zero-order valence-electron chi connectivity index (χ0n) is 13.2. The van der Waals surface area contributed by atoms with Gasteiger partial charge < -0.3 is 10.1 Å². The van der Waals surface area contributed by atoms with E-state index in [1.165, 1.54) is 0 Å². The van der Waals surface area contributed by atoms with Crippen LogP contribution in [0.15, 0.2) is 28.7 Å². The first kappa shape index (κ1) is 19.2. The summed E-state index contributed by atoms with van der Waals surface area (Å²) in [5.74, 6) is -1.84. The Morgan fingerprint density at radius 2 is 1.92 bits per heavy atom. The van der Waals surface area contributed by atoms with E-state index in [2.05, 4.69) is 31.0 Å². The summed E-state index contributed by atoms with van der Waals surface area (Å²) in [4.78, 5) is 16.4. The van der Waals surface area contributed by atoms with Crippen LogP contribution in [0, 0.1) is 19.7 Å². The molecule has 0 aliphatic heterocycles. The van der Waals surface area contributed by atoms with Crippen molar-refractivity contribution >= 4 is 21.8 Å². The Hall–Kier alpha value is -2.16. The zero-order valence-corrected chi connectivity index (χ0v) is 14.8. The molecule has 0 fully saturated rings. The van der Waals surface area contributed by atoms with Crippen LogP contribution in [0.25, 0.3) is 0 Å². The second-order valence-corrected chi connectivity index (χ2v) is 6.03. The average molecular weight is 421 g/mol. The largest absolute Gasteiger partial charge is 0.573 e. The summed E-state index contributed by atoms with van der Waals surface area (Å²) in [6.45, 7) is 3.11. The maximum absolute atomic E-state index is 13.7. The van der Waals surface area contributed by atoms with Crippen LogP contribution in [-0.4, -0.2) is 17.3 Å². The Morgan fingerprint density at radius 3 is 2.56 bits per heavy atom. The third-order valence-electron chi connectivity index (χ3n) is 3.28. The van der Waals surface area contributed by atoms with Crippen molar-refractivity contribution in [2.24, 2.45) is 0 Å². The molecule has 0 aliphatic rings. The number of carbonyl (C=O) groups excluding carboxylic acids is 1. The molecular formula is C16H13BrF4N2O2. The fraction of sp³-hybridized carbons (Fsp3) is 0.250. The Morgan fingerprint density at radius 1 is 1.24 bits per heavy atom. The highest BCUT2D eigenvalue weighted by molar-refractivity contribution is 9.10. The second-order valence-electron chi connectivity index (χ2n) is 5.17. The highest BCUT2D eigenvalue weighted by Gasteiger charge is 2.31. The van der Waals surface area contributed by atoms with Gasteiger partial charge in [0.2, 0.25) is 0 Å². The van der Waals surface area contributed by atoms with Crippen LogP contribution in [-0.2, 0) is 6.54 Å². The molecule has 0 saturated carbocycles. The van der Waals surface area contributed by atoms with E-state index >= 15 is 0 Å². The Balaban J connectivity index is 2.14. The van der Waals surface area contributed by atoms with Crippen LogP contribution in [0.3, 0.4) is 0 Å². The number of hydrogen-bond donors (Lipinski definition) is 1. The first-order chi connectivity index (χ1) is 11.6. The summed E-state index contributed by atoms with van der Waals surface area (Å²) in [6, 6.07) is 4.17. The van der Waals surface area contributed by atoms with E-state index in [4.69, 9.17) is 0 Å². The number of nitrogens with one attached hydrogen (secondary N) is 1. The van der Waals surface area contributed by atoms with Crippen molar-refractivity contribution in [2.75, 3.05) is 0 Å². The van der Waals surface area contributed by atoms with Crippen molar-refractivity contribution in [3.63, 3.8) is 0 Å². The molecule has 1 aromatic carbocycles. The summed E-state index contributed by atoms with van der Waals surface area (Å²) in [7, 11) is 0. The summed E-state index contributed by atoms with van der Waals surface area (Å²) in [5.41, 5.74) is 1.33. The number of aryl methyl sites for hydroxylation is 2. The van der Waals surface area contributed by atoms with E-state index < -0.39 is 23.8 Å². The maximum atomic E-state index is 13.7. The number of nitrogens with zero attached hydrogens (tertiary/aromatic N) is 1. The molecule has 1 amide bonds. The number of pyridine rings is 1. The molecule has 0 saturated heterocycles.